The highest BCUT2D eigenvalue weighted by Crippen LogP contribution is 2.22. The standard InChI is InChI=1S/C10H5ClN2O/c11-8-3-1-6-2-4-9(14)13-10(6)7(8)5-12/h1-4H,(H,13,14). The Morgan fingerprint density at radius 1 is 1.29 bits per heavy atom. The van der Waals surface area contributed by atoms with E-state index in [1.165, 1.54) is 6.07 Å². The number of benzene rings is 1. The summed E-state index contributed by atoms with van der Waals surface area (Å²) in [4.78, 5) is 13.6. The molecule has 2 aromatic rings. The van der Waals surface area contributed by atoms with Gasteiger partial charge in [0, 0.05) is 6.07 Å². The Morgan fingerprint density at radius 3 is 2.71 bits per heavy atom. The van der Waals surface area contributed by atoms with Crippen molar-refractivity contribution < 1.29 is 0 Å². The number of rotatable bonds is 0. The van der Waals surface area contributed by atoms with Crippen LogP contribution in [0.4, 0.5) is 0 Å². The molecule has 1 aromatic heterocycles. The number of nitrogens with one attached hydrogen (secondary N) is 1. The molecule has 0 atom stereocenters. The summed E-state index contributed by atoms with van der Waals surface area (Å²) in [6, 6.07) is 8.43. The molecule has 68 valence electrons. The Kier molecular flexibility index (Phi) is 1.99. The molecular weight excluding hydrogens is 200 g/mol. The van der Waals surface area contributed by atoms with Crippen LogP contribution in [0, 0.1) is 11.3 Å². The lowest BCUT2D eigenvalue weighted by Gasteiger charge is -2.00. The molecule has 4 heteroatoms. The van der Waals surface area contributed by atoms with E-state index in [9.17, 15) is 4.79 Å². The van der Waals surface area contributed by atoms with Crippen molar-refractivity contribution in [1.82, 2.24) is 4.98 Å². The molecule has 0 aliphatic heterocycles. The van der Waals surface area contributed by atoms with Crippen molar-refractivity contribution in [2.45, 2.75) is 0 Å². The van der Waals surface area contributed by atoms with E-state index < -0.39 is 0 Å². The summed E-state index contributed by atoms with van der Waals surface area (Å²) in [5.74, 6) is 0. The Balaban J connectivity index is 3.00. The predicted octanol–water partition coefficient (Wildman–Crippen LogP) is 2.05. The summed E-state index contributed by atoms with van der Waals surface area (Å²) < 4.78 is 0. The number of aromatic amines is 1. The van der Waals surface area contributed by atoms with Gasteiger partial charge in [0.05, 0.1) is 16.1 Å². The summed E-state index contributed by atoms with van der Waals surface area (Å²) in [6.45, 7) is 0. The lowest BCUT2D eigenvalue weighted by Crippen LogP contribution is -2.03. The number of hydrogen-bond acceptors (Lipinski definition) is 2. The predicted molar refractivity (Wildman–Crippen MR) is 54.3 cm³/mol. The molecule has 0 saturated carbocycles. The molecule has 2 rings (SSSR count). The number of pyridine rings is 1. The normalized spacial score (nSPS) is 10.0. The topological polar surface area (TPSA) is 56.6 Å². The van der Waals surface area contributed by atoms with Crippen LogP contribution in [0.15, 0.2) is 29.1 Å². The van der Waals surface area contributed by atoms with Crippen molar-refractivity contribution in [1.29, 1.82) is 5.26 Å². The van der Waals surface area contributed by atoms with Gasteiger partial charge in [-0.3, -0.25) is 4.79 Å². The van der Waals surface area contributed by atoms with Crippen LogP contribution >= 0.6 is 11.6 Å². The first-order valence-corrected chi connectivity index (χ1v) is 4.32. The molecule has 0 fully saturated rings. The van der Waals surface area contributed by atoms with Crippen molar-refractivity contribution >= 4 is 22.5 Å². The van der Waals surface area contributed by atoms with Gasteiger partial charge in [0.1, 0.15) is 6.07 Å². The highest BCUT2D eigenvalue weighted by Gasteiger charge is 2.05. The van der Waals surface area contributed by atoms with E-state index in [-0.39, 0.29) is 5.56 Å². The molecular formula is C10H5ClN2O. The Labute approximate surface area is 84.6 Å². The quantitative estimate of drug-likeness (QED) is 0.714. The molecule has 0 saturated heterocycles. The molecule has 0 bridgehead atoms. The fraction of sp³-hybridized carbons (Fsp3) is 0. The van der Waals surface area contributed by atoms with Crippen LogP contribution in [-0.4, -0.2) is 4.98 Å². The van der Waals surface area contributed by atoms with E-state index in [0.717, 1.165) is 5.39 Å². The summed E-state index contributed by atoms with van der Waals surface area (Å²) in [6.07, 6.45) is 0. The van der Waals surface area contributed by atoms with Crippen LogP contribution in [0.3, 0.4) is 0 Å². The second-order valence-electron chi connectivity index (χ2n) is 2.82. The highest BCUT2D eigenvalue weighted by atomic mass is 35.5. The number of fused-ring (bicyclic) bond motifs is 1. The van der Waals surface area contributed by atoms with Crippen LogP contribution in [-0.2, 0) is 0 Å². The zero-order valence-electron chi connectivity index (χ0n) is 7.04. The molecule has 0 spiro atoms. The highest BCUT2D eigenvalue weighted by molar-refractivity contribution is 6.32. The number of nitrogens with zero attached hydrogens (tertiary/aromatic N) is 1. The summed E-state index contributed by atoms with van der Waals surface area (Å²) in [5.41, 5.74) is 0.561. The van der Waals surface area contributed by atoms with Crippen LogP contribution in [0.5, 0.6) is 0 Å². The van der Waals surface area contributed by atoms with Crippen molar-refractivity contribution in [2.24, 2.45) is 0 Å². The Morgan fingerprint density at radius 2 is 2.00 bits per heavy atom. The molecule has 14 heavy (non-hydrogen) atoms. The maximum Gasteiger partial charge on any atom is 0.248 e. The third kappa shape index (κ3) is 1.26. The minimum atomic E-state index is -0.240. The average Bonchev–Trinajstić information content (AvgIpc) is 2.17. The molecule has 3 nitrogen and oxygen atoms in total. The lowest BCUT2D eigenvalue weighted by atomic mass is 10.1. The minimum absolute atomic E-state index is 0.240. The first kappa shape index (κ1) is 8.79. The van der Waals surface area contributed by atoms with Crippen LogP contribution in [0.2, 0.25) is 5.02 Å². The van der Waals surface area contributed by atoms with E-state index in [1.807, 2.05) is 6.07 Å². The summed E-state index contributed by atoms with van der Waals surface area (Å²) >= 11 is 5.81. The number of aromatic nitrogens is 1. The monoisotopic (exact) mass is 204 g/mol. The second kappa shape index (κ2) is 3.17. The molecule has 1 N–H and O–H groups in total. The molecule has 0 amide bonds. The van der Waals surface area contributed by atoms with E-state index >= 15 is 0 Å². The molecule has 0 unspecified atom stereocenters. The number of nitriles is 1. The lowest BCUT2D eigenvalue weighted by molar-refractivity contribution is 1.30. The van der Waals surface area contributed by atoms with Gasteiger partial charge in [-0.05, 0) is 17.5 Å². The zero-order valence-corrected chi connectivity index (χ0v) is 7.80. The average molecular weight is 205 g/mol. The van der Waals surface area contributed by atoms with Crippen LogP contribution < -0.4 is 5.56 Å². The SMILES string of the molecule is N#Cc1c(Cl)ccc2ccc(=O)[nH]c12. The van der Waals surface area contributed by atoms with Crippen molar-refractivity contribution in [3.8, 4) is 6.07 Å². The smallest absolute Gasteiger partial charge is 0.248 e. The number of H-pyrrole nitrogens is 1. The maximum absolute atomic E-state index is 11.1. The molecule has 1 heterocycles. The first-order chi connectivity index (χ1) is 6.72. The Hall–Kier alpha value is -1.79. The first-order valence-electron chi connectivity index (χ1n) is 3.94. The second-order valence-corrected chi connectivity index (χ2v) is 3.23. The van der Waals surface area contributed by atoms with Gasteiger partial charge >= 0.3 is 0 Å². The number of halogens is 1. The summed E-state index contributed by atoms with van der Waals surface area (Å²) in [5, 5.41) is 10.00. The molecule has 0 aliphatic rings. The molecule has 0 aliphatic carbocycles. The van der Waals surface area contributed by atoms with E-state index in [0.29, 0.717) is 16.1 Å². The summed E-state index contributed by atoms with van der Waals surface area (Å²) in [7, 11) is 0. The van der Waals surface area contributed by atoms with E-state index in [2.05, 4.69) is 4.98 Å². The maximum atomic E-state index is 11.1. The van der Waals surface area contributed by atoms with Crippen molar-refractivity contribution in [2.75, 3.05) is 0 Å². The van der Waals surface area contributed by atoms with Gasteiger partial charge in [-0.25, -0.2) is 0 Å². The third-order valence-corrected chi connectivity index (χ3v) is 2.28. The molecule has 0 radical (unpaired) electrons. The van der Waals surface area contributed by atoms with Gasteiger partial charge in [0.25, 0.3) is 0 Å². The fourth-order valence-electron chi connectivity index (χ4n) is 1.31. The van der Waals surface area contributed by atoms with Gasteiger partial charge in [-0.2, -0.15) is 5.26 Å². The van der Waals surface area contributed by atoms with Crippen LogP contribution in [0.1, 0.15) is 5.56 Å². The Bertz CT molecular complexity index is 595. The van der Waals surface area contributed by atoms with Crippen molar-refractivity contribution in [3.05, 3.63) is 45.2 Å². The van der Waals surface area contributed by atoms with Gasteiger partial charge in [0.2, 0.25) is 5.56 Å². The van der Waals surface area contributed by atoms with Gasteiger partial charge in [-0.15, -0.1) is 0 Å². The number of hydrogen-bond donors (Lipinski definition) is 1. The van der Waals surface area contributed by atoms with E-state index in [4.69, 9.17) is 16.9 Å². The fourth-order valence-corrected chi connectivity index (χ4v) is 1.51. The molecule has 1 aromatic carbocycles. The van der Waals surface area contributed by atoms with Gasteiger partial charge in [-0.1, -0.05) is 17.7 Å². The largest absolute Gasteiger partial charge is 0.321 e. The van der Waals surface area contributed by atoms with Gasteiger partial charge < -0.3 is 4.98 Å². The van der Waals surface area contributed by atoms with E-state index in [1.54, 1.807) is 18.2 Å². The van der Waals surface area contributed by atoms with Gasteiger partial charge in [0.15, 0.2) is 0 Å². The van der Waals surface area contributed by atoms with Crippen molar-refractivity contribution in [3.63, 3.8) is 0 Å². The zero-order chi connectivity index (χ0) is 10.1. The minimum Gasteiger partial charge on any atom is -0.321 e. The third-order valence-electron chi connectivity index (χ3n) is 1.96. The van der Waals surface area contributed by atoms with Crippen LogP contribution in [0.25, 0.3) is 10.9 Å².